The van der Waals surface area contributed by atoms with Crippen molar-refractivity contribution in [1.82, 2.24) is 9.80 Å². The molecule has 2 heterocycles. The quantitative estimate of drug-likeness (QED) is 0.606. The highest BCUT2D eigenvalue weighted by Crippen LogP contribution is 2.44. The summed E-state index contributed by atoms with van der Waals surface area (Å²) in [5.41, 5.74) is -0.768. The number of carboxylic acids is 1. The summed E-state index contributed by atoms with van der Waals surface area (Å²) in [6.07, 6.45) is 4.26. The molecule has 206 valence electrons. The van der Waals surface area contributed by atoms with Crippen LogP contribution >= 0.6 is 0 Å². The standard InChI is InChI=1S/C29H39N3O6/c1-27(2,3)22-9-8-18(14-23(22)37-7)24(33)32-11-10-31(26(36)38-28(4,5)6)17-29(32,25(34)35)15-21-13-19-12-20(19)16-30-21/h8-9,13-14,16,19-20H,10-12,15,17H2,1-7H3,(H,34,35). The number of hydrogen-bond acceptors (Lipinski definition) is 6. The summed E-state index contributed by atoms with van der Waals surface area (Å²) < 4.78 is 11.1. The summed E-state index contributed by atoms with van der Waals surface area (Å²) in [6, 6.07) is 5.24. The van der Waals surface area contributed by atoms with Crippen LogP contribution in [0, 0.1) is 11.8 Å². The number of carbonyl (C=O) groups is 3. The third-order valence-electron chi connectivity index (χ3n) is 7.32. The number of rotatable bonds is 5. The molecule has 1 aromatic carbocycles. The number of piperazine rings is 1. The van der Waals surface area contributed by atoms with E-state index in [-0.39, 0.29) is 31.5 Å². The van der Waals surface area contributed by atoms with E-state index >= 15 is 0 Å². The minimum Gasteiger partial charge on any atom is -0.496 e. The molecule has 3 unspecified atom stereocenters. The van der Waals surface area contributed by atoms with E-state index in [1.54, 1.807) is 40.0 Å². The van der Waals surface area contributed by atoms with Crippen molar-refractivity contribution in [2.45, 2.75) is 70.9 Å². The third-order valence-corrected chi connectivity index (χ3v) is 7.32. The molecule has 1 N–H and O–H groups in total. The van der Waals surface area contributed by atoms with Gasteiger partial charge < -0.3 is 24.4 Å². The average Bonchev–Trinajstić information content (AvgIpc) is 3.60. The molecular formula is C29H39N3O6. The topological polar surface area (TPSA) is 109 Å². The summed E-state index contributed by atoms with van der Waals surface area (Å²) in [5, 5.41) is 10.7. The van der Waals surface area contributed by atoms with Gasteiger partial charge in [0.2, 0.25) is 0 Å². The van der Waals surface area contributed by atoms with Crippen LogP contribution in [-0.4, -0.2) is 77.0 Å². The molecule has 38 heavy (non-hydrogen) atoms. The van der Waals surface area contributed by atoms with Crippen molar-refractivity contribution in [3.63, 3.8) is 0 Å². The van der Waals surface area contributed by atoms with Crippen molar-refractivity contribution >= 4 is 24.2 Å². The number of hydrogen-bond donors (Lipinski definition) is 1. The maximum Gasteiger partial charge on any atom is 0.410 e. The number of nitrogens with zero attached hydrogens (tertiary/aromatic N) is 3. The fourth-order valence-corrected chi connectivity index (χ4v) is 5.19. The van der Waals surface area contributed by atoms with E-state index < -0.39 is 29.1 Å². The normalized spacial score (nSPS) is 24.9. The second kappa shape index (κ2) is 9.75. The van der Waals surface area contributed by atoms with Gasteiger partial charge in [-0.3, -0.25) is 9.79 Å². The fraction of sp³-hybridized carbons (Fsp3) is 0.586. The number of aliphatic imine (C=N–C) groups is 1. The molecule has 4 rings (SSSR count). The number of ether oxygens (including phenoxy) is 2. The van der Waals surface area contributed by atoms with Crippen LogP contribution in [-0.2, 0) is 14.9 Å². The number of fused-ring (bicyclic) bond motifs is 1. The molecule has 1 aromatic rings. The minimum absolute atomic E-state index is 0.00962. The highest BCUT2D eigenvalue weighted by atomic mass is 16.6. The second-order valence-corrected chi connectivity index (χ2v) is 12.5. The monoisotopic (exact) mass is 525 g/mol. The van der Waals surface area contributed by atoms with E-state index in [1.807, 2.05) is 18.4 Å². The molecule has 0 radical (unpaired) electrons. The van der Waals surface area contributed by atoms with Crippen LogP contribution in [0.3, 0.4) is 0 Å². The Bertz CT molecular complexity index is 1190. The molecule has 1 saturated carbocycles. The van der Waals surface area contributed by atoms with Gasteiger partial charge in [0.1, 0.15) is 11.4 Å². The Hall–Kier alpha value is -3.36. The molecule has 3 atom stereocenters. The lowest BCUT2D eigenvalue weighted by atomic mass is 9.84. The Labute approximate surface area is 224 Å². The molecule has 0 aromatic heterocycles. The van der Waals surface area contributed by atoms with Crippen molar-refractivity contribution in [2.75, 3.05) is 26.7 Å². The lowest BCUT2D eigenvalue weighted by Crippen LogP contribution is -2.68. The number of allylic oxidation sites excluding steroid dienone is 1. The zero-order chi connectivity index (χ0) is 28.0. The van der Waals surface area contributed by atoms with E-state index in [1.165, 1.54) is 9.80 Å². The molecule has 2 fully saturated rings. The summed E-state index contributed by atoms with van der Waals surface area (Å²) in [4.78, 5) is 47.3. The number of methoxy groups -OCH3 is 1. The van der Waals surface area contributed by atoms with Gasteiger partial charge in [0, 0.05) is 42.9 Å². The smallest absolute Gasteiger partial charge is 0.410 e. The zero-order valence-electron chi connectivity index (χ0n) is 23.4. The Morgan fingerprint density at radius 1 is 1.11 bits per heavy atom. The van der Waals surface area contributed by atoms with Crippen LogP contribution in [0.25, 0.3) is 0 Å². The molecule has 9 nitrogen and oxygen atoms in total. The van der Waals surface area contributed by atoms with Crippen LogP contribution in [0.1, 0.15) is 70.3 Å². The van der Waals surface area contributed by atoms with Gasteiger partial charge in [-0.05, 0) is 56.2 Å². The first-order chi connectivity index (χ1) is 17.6. The highest BCUT2D eigenvalue weighted by molar-refractivity contribution is 5.99. The first-order valence-electron chi connectivity index (χ1n) is 13.1. The van der Waals surface area contributed by atoms with Crippen molar-refractivity contribution in [1.29, 1.82) is 0 Å². The Balaban J connectivity index is 1.72. The Morgan fingerprint density at radius 2 is 1.82 bits per heavy atom. The summed E-state index contributed by atoms with van der Waals surface area (Å²) in [5.74, 6) is -0.282. The largest absolute Gasteiger partial charge is 0.496 e. The van der Waals surface area contributed by atoms with E-state index in [9.17, 15) is 19.5 Å². The molecule has 1 saturated heterocycles. The van der Waals surface area contributed by atoms with Crippen molar-refractivity contribution in [3.8, 4) is 5.75 Å². The van der Waals surface area contributed by atoms with Crippen LogP contribution < -0.4 is 4.74 Å². The number of amides is 2. The van der Waals surface area contributed by atoms with Gasteiger partial charge in [-0.1, -0.05) is 32.9 Å². The van der Waals surface area contributed by atoms with Crippen molar-refractivity contribution in [2.24, 2.45) is 16.8 Å². The first kappa shape index (κ1) is 27.7. The van der Waals surface area contributed by atoms with Crippen molar-refractivity contribution in [3.05, 3.63) is 41.1 Å². The predicted octanol–water partition coefficient (Wildman–Crippen LogP) is 4.50. The molecule has 1 aliphatic carbocycles. The average molecular weight is 526 g/mol. The van der Waals surface area contributed by atoms with Gasteiger partial charge in [0.05, 0.1) is 13.7 Å². The van der Waals surface area contributed by atoms with Gasteiger partial charge in [-0.15, -0.1) is 0 Å². The minimum atomic E-state index is -1.72. The number of carboxylic acid groups (broad SMARTS) is 1. The zero-order valence-corrected chi connectivity index (χ0v) is 23.4. The predicted molar refractivity (Wildman–Crippen MR) is 144 cm³/mol. The second-order valence-electron chi connectivity index (χ2n) is 12.5. The summed E-state index contributed by atoms with van der Waals surface area (Å²) in [6.45, 7) is 11.4. The van der Waals surface area contributed by atoms with E-state index in [0.29, 0.717) is 28.8 Å². The van der Waals surface area contributed by atoms with Gasteiger partial charge in [0.25, 0.3) is 5.91 Å². The molecule has 3 aliphatic rings. The lowest BCUT2D eigenvalue weighted by molar-refractivity contribution is -0.153. The lowest BCUT2D eigenvalue weighted by Gasteiger charge is -2.48. The number of aliphatic carboxylic acids is 1. The Kier molecular flexibility index (Phi) is 7.10. The van der Waals surface area contributed by atoms with E-state index in [0.717, 1.165) is 12.0 Å². The third kappa shape index (κ3) is 5.56. The van der Waals surface area contributed by atoms with Gasteiger partial charge in [-0.2, -0.15) is 0 Å². The van der Waals surface area contributed by atoms with Gasteiger partial charge >= 0.3 is 12.1 Å². The molecule has 9 heteroatoms. The fourth-order valence-electron chi connectivity index (χ4n) is 5.19. The molecule has 0 spiro atoms. The number of carbonyl (C=O) groups excluding carboxylic acids is 2. The molecule has 2 amide bonds. The first-order valence-corrected chi connectivity index (χ1v) is 13.1. The maximum absolute atomic E-state index is 14.0. The summed E-state index contributed by atoms with van der Waals surface area (Å²) in [7, 11) is 1.55. The number of benzene rings is 1. The van der Waals surface area contributed by atoms with E-state index in [4.69, 9.17) is 9.47 Å². The maximum atomic E-state index is 14.0. The summed E-state index contributed by atoms with van der Waals surface area (Å²) >= 11 is 0. The highest BCUT2D eigenvalue weighted by Gasteiger charge is 2.53. The Morgan fingerprint density at radius 3 is 2.39 bits per heavy atom. The van der Waals surface area contributed by atoms with Gasteiger partial charge in [-0.25, -0.2) is 9.59 Å². The SMILES string of the molecule is COc1cc(C(=O)N2CCN(C(=O)OC(C)(C)C)CC2(CC2=CC3CC3C=N2)C(=O)O)ccc1C(C)(C)C. The molecule has 2 aliphatic heterocycles. The van der Waals surface area contributed by atoms with Crippen molar-refractivity contribution < 1.29 is 29.0 Å². The molecular weight excluding hydrogens is 486 g/mol. The van der Waals surface area contributed by atoms with Crippen LogP contribution in [0.5, 0.6) is 5.75 Å². The van der Waals surface area contributed by atoms with Crippen LogP contribution in [0.2, 0.25) is 0 Å². The van der Waals surface area contributed by atoms with Gasteiger partial charge in [0.15, 0.2) is 5.54 Å². The van der Waals surface area contributed by atoms with Crippen LogP contribution in [0.4, 0.5) is 4.79 Å². The van der Waals surface area contributed by atoms with Crippen LogP contribution in [0.15, 0.2) is 35.0 Å². The van der Waals surface area contributed by atoms with E-state index in [2.05, 4.69) is 25.8 Å². The molecule has 0 bridgehead atoms.